The van der Waals surface area contributed by atoms with E-state index in [1.54, 1.807) is 0 Å². The van der Waals surface area contributed by atoms with E-state index in [4.69, 9.17) is 0 Å². The molecule has 1 fully saturated rings. The average molecular weight is 331 g/mol. The fraction of sp³-hybridized carbons (Fsp3) is 0.619. The Bertz CT molecular complexity index is 498. The molecule has 1 aliphatic rings. The van der Waals surface area contributed by atoms with Crippen LogP contribution in [-0.4, -0.2) is 60.3 Å². The lowest BCUT2D eigenvalue weighted by molar-refractivity contribution is 0.0579. The number of allylic oxidation sites excluding steroid dienone is 1. The van der Waals surface area contributed by atoms with Gasteiger partial charge in [0.25, 0.3) is 0 Å². The number of hydrogen-bond acceptors (Lipinski definition) is 3. The smallest absolute Gasteiger partial charge is 0.0446 e. The predicted molar refractivity (Wildman–Crippen MR) is 103 cm³/mol. The van der Waals surface area contributed by atoms with Crippen molar-refractivity contribution < 1.29 is 5.11 Å². The molecular formula is C21H34N2O. The van der Waals surface area contributed by atoms with Gasteiger partial charge in [0.1, 0.15) is 0 Å². The number of piperazine rings is 1. The van der Waals surface area contributed by atoms with Gasteiger partial charge in [-0.05, 0) is 29.9 Å². The summed E-state index contributed by atoms with van der Waals surface area (Å²) in [6.07, 6.45) is 4.30. The highest BCUT2D eigenvalue weighted by atomic mass is 16.3. The fourth-order valence-electron chi connectivity index (χ4n) is 3.65. The first-order chi connectivity index (χ1) is 11.6. The van der Waals surface area contributed by atoms with Gasteiger partial charge in [-0.25, -0.2) is 0 Å². The molecule has 1 unspecified atom stereocenters. The molecule has 0 radical (unpaired) electrons. The van der Waals surface area contributed by atoms with Crippen molar-refractivity contribution in [3.63, 3.8) is 0 Å². The van der Waals surface area contributed by atoms with E-state index in [1.165, 1.54) is 11.1 Å². The summed E-state index contributed by atoms with van der Waals surface area (Å²) < 4.78 is 0. The Labute approximate surface area is 148 Å². The highest BCUT2D eigenvalue weighted by Crippen LogP contribution is 2.20. The highest BCUT2D eigenvalue weighted by Gasteiger charge is 2.27. The third-order valence-electron chi connectivity index (χ3n) is 4.74. The van der Waals surface area contributed by atoms with Crippen LogP contribution in [0.1, 0.15) is 39.2 Å². The van der Waals surface area contributed by atoms with Crippen LogP contribution >= 0.6 is 0 Å². The van der Waals surface area contributed by atoms with Gasteiger partial charge in [0.05, 0.1) is 0 Å². The van der Waals surface area contributed by atoms with Gasteiger partial charge in [-0.15, -0.1) is 0 Å². The molecule has 3 nitrogen and oxygen atoms in total. The molecule has 0 aromatic heterocycles. The van der Waals surface area contributed by atoms with Crippen LogP contribution in [-0.2, 0) is 0 Å². The first kappa shape index (κ1) is 19.2. The Morgan fingerprint density at radius 2 is 2.00 bits per heavy atom. The number of rotatable bonds is 8. The van der Waals surface area contributed by atoms with Gasteiger partial charge in [-0.1, -0.05) is 57.2 Å². The van der Waals surface area contributed by atoms with E-state index in [1.807, 2.05) is 0 Å². The largest absolute Gasteiger partial charge is 0.396 e. The third kappa shape index (κ3) is 5.73. The van der Waals surface area contributed by atoms with Crippen molar-refractivity contribution in [2.24, 2.45) is 5.92 Å². The second-order valence-electron chi connectivity index (χ2n) is 7.29. The summed E-state index contributed by atoms with van der Waals surface area (Å²) in [5.74, 6) is 0.678. The van der Waals surface area contributed by atoms with Crippen LogP contribution in [0.5, 0.6) is 0 Å². The maximum absolute atomic E-state index is 9.44. The molecule has 3 heteroatoms. The minimum atomic E-state index is 0.281. The van der Waals surface area contributed by atoms with Crippen LogP contribution in [0.4, 0.5) is 0 Å². The molecule has 0 bridgehead atoms. The molecule has 1 saturated heterocycles. The zero-order chi connectivity index (χ0) is 17.4. The molecule has 0 amide bonds. The molecule has 1 heterocycles. The van der Waals surface area contributed by atoms with Crippen LogP contribution in [0.15, 0.2) is 36.4 Å². The Kier molecular flexibility index (Phi) is 7.97. The minimum Gasteiger partial charge on any atom is -0.396 e. The van der Waals surface area contributed by atoms with E-state index in [2.05, 4.69) is 67.0 Å². The Balaban J connectivity index is 2.02. The third-order valence-corrected chi connectivity index (χ3v) is 4.74. The molecule has 1 aromatic rings. The summed E-state index contributed by atoms with van der Waals surface area (Å²) in [7, 11) is 0. The molecule has 0 spiro atoms. The Morgan fingerprint density at radius 1 is 1.25 bits per heavy atom. The van der Waals surface area contributed by atoms with Crippen molar-refractivity contribution in [3.05, 3.63) is 42.0 Å². The molecule has 134 valence electrons. The molecule has 1 N–H and O–H groups in total. The summed E-state index contributed by atoms with van der Waals surface area (Å²) in [5.41, 5.74) is 2.76. The molecule has 0 aliphatic carbocycles. The Morgan fingerprint density at radius 3 is 2.62 bits per heavy atom. The van der Waals surface area contributed by atoms with Crippen LogP contribution < -0.4 is 0 Å². The molecule has 24 heavy (non-hydrogen) atoms. The van der Waals surface area contributed by atoms with Gasteiger partial charge >= 0.3 is 0 Å². The van der Waals surface area contributed by atoms with E-state index in [9.17, 15) is 5.11 Å². The minimum absolute atomic E-state index is 0.281. The lowest BCUT2D eigenvalue weighted by Crippen LogP contribution is -2.54. The Hall–Kier alpha value is -1.16. The summed E-state index contributed by atoms with van der Waals surface area (Å²) in [5, 5.41) is 9.44. The maximum atomic E-state index is 9.44. The molecular weight excluding hydrogens is 296 g/mol. The number of nitrogens with zero attached hydrogens (tertiary/aromatic N) is 2. The number of aliphatic hydroxyl groups excluding tert-OH is 1. The quantitative estimate of drug-likeness (QED) is 0.790. The number of aliphatic hydroxyl groups is 1. The number of hydrogen-bond donors (Lipinski definition) is 1. The van der Waals surface area contributed by atoms with Crippen molar-refractivity contribution >= 4 is 5.57 Å². The van der Waals surface area contributed by atoms with Gasteiger partial charge in [0.2, 0.25) is 0 Å². The van der Waals surface area contributed by atoms with E-state index in [0.717, 1.165) is 45.6 Å². The van der Waals surface area contributed by atoms with Crippen molar-refractivity contribution in [3.8, 4) is 0 Å². The summed E-state index contributed by atoms with van der Waals surface area (Å²) in [6, 6.07) is 11.2. The van der Waals surface area contributed by atoms with E-state index in [0.29, 0.717) is 12.0 Å². The lowest BCUT2D eigenvalue weighted by atomic mass is 10.0. The summed E-state index contributed by atoms with van der Waals surface area (Å²) in [4.78, 5) is 5.13. The molecule has 0 saturated carbocycles. The SMILES string of the molecule is CC/C=C(/CN1CCN(CC(C)C)C(CCO)C1)c1ccccc1. The summed E-state index contributed by atoms with van der Waals surface area (Å²) >= 11 is 0. The highest BCUT2D eigenvalue weighted by molar-refractivity contribution is 5.66. The zero-order valence-corrected chi connectivity index (χ0v) is 15.6. The fourth-order valence-corrected chi connectivity index (χ4v) is 3.65. The van der Waals surface area contributed by atoms with E-state index < -0.39 is 0 Å². The molecule has 1 atom stereocenters. The monoisotopic (exact) mass is 330 g/mol. The van der Waals surface area contributed by atoms with Gasteiger partial charge in [-0.3, -0.25) is 9.80 Å². The summed E-state index contributed by atoms with van der Waals surface area (Å²) in [6.45, 7) is 12.5. The maximum Gasteiger partial charge on any atom is 0.0446 e. The van der Waals surface area contributed by atoms with Gasteiger partial charge < -0.3 is 5.11 Å². The first-order valence-corrected chi connectivity index (χ1v) is 9.45. The van der Waals surface area contributed by atoms with Gasteiger partial charge in [0.15, 0.2) is 0 Å². The lowest BCUT2D eigenvalue weighted by Gasteiger charge is -2.42. The second kappa shape index (κ2) is 9.97. The van der Waals surface area contributed by atoms with E-state index >= 15 is 0 Å². The topological polar surface area (TPSA) is 26.7 Å². The predicted octanol–water partition coefficient (Wildman–Crippen LogP) is 3.50. The van der Waals surface area contributed by atoms with Crippen LogP contribution in [0.25, 0.3) is 5.57 Å². The normalized spacial score (nSPS) is 20.7. The average Bonchev–Trinajstić information content (AvgIpc) is 2.57. The van der Waals surface area contributed by atoms with Gasteiger partial charge in [0, 0.05) is 45.4 Å². The van der Waals surface area contributed by atoms with Crippen molar-refractivity contribution in [2.75, 3.05) is 39.3 Å². The van der Waals surface area contributed by atoms with Gasteiger partial charge in [-0.2, -0.15) is 0 Å². The number of benzene rings is 1. The first-order valence-electron chi connectivity index (χ1n) is 9.45. The zero-order valence-electron chi connectivity index (χ0n) is 15.6. The second-order valence-corrected chi connectivity index (χ2v) is 7.29. The molecule has 1 aliphatic heterocycles. The molecule has 2 rings (SSSR count). The van der Waals surface area contributed by atoms with Crippen LogP contribution in [0.3, 0.4) is 0 Å². The van der Waals surface area contributed by atoms with Crippen LogP contribution in [0, 0.1) is 5.92 Å². The molecule has 1 aromatic carbocycles. The van der Waals surface area contributed by atoms with Crippen molar-refractivity contribution in [2.45, 2.75) is 39.7 Å². The standard InChI is InChI=1S/C21H34N2O/c1-4-8-20(19-9-6-5-7-10-19)16-22-12-13-23(15-18(2)3)21(17-22)11-14-24/h5-10,18,21,24H,4,11-17H2,1-3H3/b20-8-. The van der Waals surface area contributed by atoms with Crippen molar-refractivity contribution in [1.29, 1.82) is 0 Å². The van der Waals surface area contributed by atoms with Crippen molar-refractivity contribution in [1.82, 2.24) is 9.80 Å². The van der Waals surface area contributed by atoms with E-state index in [-0.39, 0.29) is 6.61 Å². The van der Waals surface area contributed by atoms with Crippen LogP contribution in [0.2, 0.25) is 0 Å².